The van der Waals surface area contributed by atoms with E-state index in [1.807, 2.05) is 27.7 Å². The Bertz CT molecular complexity index is 433. The molecule has 2 unspecified atom stereocenters. The van der Waals surface area contributed by atoms with Crippen LogP contribution in [0.1, 0.15) is 45.7 Å². The van der Waals surface area contributed by atoms with Gasteiger partial charge >= 0.3 is 0 Å². The number of carbonyl (C=O) groups excluding carboxylic acids is 1. The number of benzene rings is 1. The summed E-state index contributed by atoms with van der Waals surface area (Å²) in [5.41, 5.74) is 6.95. The summed E-state index contributed by atoms with van der Waals surface area (Å²) in [5, 5.41) is 0. The molecule has 0 spiro atoms. The van der Waals surface area contributed by atoms with E-state index in [0.29, 0.717) is 6.54 Å². The molecule has 0 fully saturated rings. The van der Waals surface area contributed by atoms with Crippen LogP contribution in [-0.2, 0) is 4.79 Å². The van der Waals surface area contributed by atoms with Crippen molar-refractivity contribution in [1.29, 1.82) is 0 Å². The first kappa shape index (κ1) is 16.6. The molecule has 1 amide bonds. The molecule has 2 N–H and O–H groups in total. The van der Waals surface area contributed by atoms with Crippen molar-refractivity contribution in [2.45, 2.75) is 46.2 Å². The molecule has 0 saturated carbocycles. The van der Waals surface area contributed by atoms with Gasteiger partial charge in [-0.3, -0.25) is 4.79 Å². The number of halogens is 1. The summed E-state index contributed by atoms with van der Waals surface area (Å²) in [6, 6.07) is 5.67. The van der Waals surface area contributed by atoms with Gasteiger partial charge in [-0.2, -0.15) is 0 Å². The Kier molecular flexibility index (Phi) is 6.14. The second kappa shape index (κ2) is 7.39. The van der Waals surface area contributed by atoms with Crippen LogP contribution in [0.2, 0.25) is 0 Å². The fourth-order valence-corrected chi connectivity index (χ4v) is 2.23. The van der Waals surface area contributed by atoms with Gasteiger partial charge in [0, 0.05) is 6.54 Å². The molecule has 0 aromatic heterocycles. The standard InChI is InChI=1S/C16H25FN2O/c1-5-11(3)15(18)16(20)19(6-2)12(4)13-7-9-14(17)10-8-13/h7-12,15H,5-6,18H2,1-4H3/t11?,12?,15-/m0/s1. The van der Waals surface area contributed by atoms with Crippen LogP contribution >= 0.6 is 0 Å². The number of hydrogen-bond donors (Lipinski definition) is 1. The number of hydrogen-bond acceptors (Lipinski definition) is 2. The highest BCUT2D eigenvalue weighted by atomic mass is 19.1. The van der Waals surface area contributed by atoms with E-state index in [1.165, 1.54) is 12.1 Å². The average molecular weight is 280 g/mol. The summed E-state index contributed by atoms with van der Waals surface area (Å²) < 4.78 is 13.0. The van der Waals surface area contributed by atoms with Gasteiger partial charge < -0.3 is 10.6 Å². The first-order valence-corrected chi connectivity index (χ1v) is 7.23. The average Bonchev–Trinajstić information content (AvgIpc) is 2.46. The normalized spacial score (nSPS) is 15.5. The van der Waals surface area contributed by atoms with E-state index >= 15 is 0 Å². The summed E-state index contributed by atoms with van der Waals surface area (Å²) in [6.07, 6.45) is 0.870. The molecule has 20 heavy (non-hydrogen) atoms. The lowest BCUT2D eigenvalue weighted by Crippen LogP contribution is -2.47. The largest absolute Gasteiger partial charge is 0.335 e. The van der Waals surface area contributed by atoms with Crippen LogP contribution in [0.5, 0.6) is 0 Å². The van der Waals surface area contributed by atoms with E-state index in [9.17, 15) is 9.18 Å². The van der Waals surface area contributed by atoms with Crippen molar-refractivity contribution >= 4 is 5.91 Å². The summed E-state index contributed by atoms with van der Waals surface area (Å²) in [7, 11) is 0. The maximum absolute atomic E-state index is 13.0. The maximum Gasteiger partial charge on any atom is 0.240 e. The van der Waals surface area contributed by atoms with E-state index in [-0.39, 0.29) is 23.7 Å². The van der Waals surface area contributed by atoms with Crippen LogP contribution in [0.3, 0.4) is 0 Å². The zero-order valence-corrected chi connectivity index (χ0v) is 12.8. The molecule has 0 aliphatic carbocycles. The minimum Gasteiger partial charge on any atom is -0.335 e. The lowest BCUT2D eigenvalue weighted by Gasteiger charge is -2.32. The second-order valence-corrected chi connectivity index (χ2v) is 5.26. The highest BCUT2D eigenvalue weighted by Crippen LogP contribution is 2.22. The van der Waals surface area contributed by atoms with Crippen LogP contribution in [-0.4, -0.2) is 23.4 Å². The van der Waals surface area contributed by atoms with Crippen molar-refractivity contribution in [1.82, 2.24) is 4.90 Å². The third-order valence-corrected chi connectivity index (χ3v) is 3.99. The first-order valence-electron chi connectivity index (χ1n) is 7.23. The van der Waals surface area contributed by atoms with Gasteiger partial charge in [0.25, 0.3) is 0 Å². The van der Waals surface area contributed by atoms with E-state index in [0.717, 1.165) is 12.0 Å². The van der Waals surface area contributed by atoms with Crippen molar-refractivity contribution in [2.75, 3.05) is 6.54 Å². The predicted molar refractivity (Wildman–Crippen MR) is 79.6 cm³/mol. The van der Waals surface area contributed by atoms with Crippen LogP contribution in [0.15, 0.2) is 24.3 Å². The molecule has 0 radical (unpaired) electrons. The maximum atomic E-state index is 13.0. The Morgan fingerprint density at radius 3 is 2.25 bits per heavy atom. The number of amides is 1. The number of likely N-dealkylation sites (N-methyl/N-ethyl adjacent to an activating group) is 1. The van der Waals surface area contributed by atoms with Gasteiger partial charge in [-0.05, 0) is 37.5 Å². The van der Waals surface area contributed by atoms with Gasteiger partial charge in [0.1, 0.15) is 5.82 Å². The second-order valence-electron chi connectivity index (χ2n) is 5.26. The van der Waals surface area contributed by atoms with Crippen molar-refractivity contribution in [3.63, 3.8) is 0 Å². The quantitative estimate of drug-likeness (QED) is 0.870. The molecule has 0 heterocycles. The fraction of sp³-hybridized carbons (Fsp3) is 0.562. The third kappa shape index (κ3) is 3.79. The molecule has 3 atom stereocenters. The minimum atomic E-state index is -0.483. The molecule has 0 aliphatic rings. The van der Waals surface area contributed by atoms with Crippen LogP contribution in [0, 0.1) is 11.7 Å². The number of nitrogens with two attached hydrogens (primary N) is 1. The minimum absolute atomic E-state index is 0.0429. The van der Waals surface area contributed by atoms with Crippen molar-refractivity contribution < 1.29 is 9.18 Å². The lowest BCUT2D eigenvalue weighted by atomic mass is 9.97. The highest BCUT2D eigenvalue weighted by molar-refractivity contribution is 5.82. The fourth-order valence-electron chi connectivity index (χ4n) is 2.23. The molecule has 1 rings (SSSR count). The Hall–Kier alpha value is -1.42. The molecule has 112 valence electrons. The van der Waals surface area contributed by atoms with Gasteiger partial charge in [0.15, 0.2) is 0 Å². The third-order valence-electron chi connectivity index (χ3n) is 3.99. The monoisotopic (exact) mass is 280 g/mol. The topological polar surface area (TPSA) is 46.3 Å². The molecule has 0 aliphatic heterocycles. The van der Waals surface area contributed by atoms with Gasteiger partial charge in [0.05, 0.1) is 12.1 Å². The van der Waals surface area contributed by atoms with E-state index in [1.54, 1.807) is 17.0 Å². The molecular formula is C16H25FN2O. The molecule has 0 bridgehead atoms. The molecule has 0 saturated heterocycles. The molecule has 1 aromatic rings. The molecule has 4 heteroatoms. The smallest absolute Gasteiger partial charge is 0.240 e. The predicted octanol–water partition coefficient (Wildman–Crippen LogP) is 3.11. The molecule has 3 nitrogen and oxygen atoms in total. The lowest BCUT2D eigenvalue weighted by molar-refractivity contribution is -0.135. The zero-order chi connectivity index (χ0) is 15.3. The summed E-state index contributed by atoms with van der Waals surface area (Å²) >= 11 is 0. The SMILES string of the molecule is CCC(C)[C@H](N)C(=O)N(CC)C(C)c1ccc(F)cc1. The van der Waals surface area contributed by atoms with Crippen LogP contribution < -0.4 is 5.73 Å². The van der Waals surface area contributed by atoms with Crippen LogP contribution in [0.4, 0.5) is 4.39 Å². The zero-order valence-electron chi connectivity index (χ0n) is 12.8. The Morgan fingerprint density at radius 1 is 1.25 bits per heavy atom. The summed E-state index contributed by atoms with van der Waals surface area (Å²) in [4.78, 5) is 14.2. The van der Waals surface area contributed by atoms with Crippen molar-refractivity contribution in [3.8, 4) is 0 Å². The van der Waals surface area contributed by atoms with Crippen molar-refractivity contribution in [3.05, 3.63) is 35.6 Å². The molecule has 1 aromatic carbocycles. The number of carbonyl (C=O) groups is 1. The Morgan fingerprint density at radius 2 is 1.80 bits per heavy atom. The van der Waals surface area contributed by atoms with Crippen molar-refractivity contribution in [2.24, 2.45) is 11.7 Å². The Balaban J connectivity index is 2.89. The van der Waals surface area contributed by atoms with Gasteiger partial charge in [-0.25, -0.2) is 4.39 Å². The van der Waals surface area contributed by atoms with Crippen LogP contribution in [0.25, 0.3) is 0 Å². The van der Waals surface area contributed by atoms with E-state index < -0.39 is 6.04 Å². The number of nitrogens with zero attached hydrogens (tertiary/aromatic N) is 1. The summed E-state index contributed by atoms with van der Waals surface area (Å²) in [6.45, 7) is 8.47. The summed E-state index contributed by atoms with van der Waals surface area (Å²) in [5.74, 6) is -0.165. The van der Waals surface area contributed by atoms with E-state index in [2.05, 4.69) is 0 Å². The van der Waals surface area contributed by atoms with Gasteiger partial charge in [0.2, 0.25) is 5.91 Å². The van der Waals surface area contributed by atoms with E-state index in [4.69, 9.17) is 5.73 Å². The molecular weight excluding hydrogens is 255 g/mol. The highest BCUT2D eigenvalue weighted by Gasteiger charge is 2.27. The first-order chi connectivity index (χ1) is 9.42. The van der Waals surface area contributed by atoms with Gasteiger partial charge in [-0.1, -0.05) is 32.4 Å². The Labute approximate surface area is 121 Å². The number of rotatable bonds is 6. The van der Waals surface area contributed by atoms with Gasteiger partial charge in [-0.15, -0.1) is 0 Å².